The van der Waals surface area contributed by atoms with Crippen LogP contribution < -0.4 is 0 Å². The Hall–Kier alpha value is -5.50. The van der Waals surface area contributed by atoms with E-state index < -0.39 is 0 Å². The molecule has 11 rings (SSSR count). The molecule has 0 saturated carbocycles. The molecule has 3 aliphatic carbocycles. The van der Waals surface area contributed by atoms with Gasteiger partial charge in [-0.3, -0.25) is 0 Å². The Morgan fingerprint density at radius 1 is 0.558 bits per heavy atom. The van der Waals surface area contributed by atoms with Crippen LogP contribution in [0.1, 0.15) is 49.8 Å². The first-order chi connectivity index (χ1) is 25.6. The Labute approximate surface area is 308 Å². The van der Waals surface area contributed by atoms with Crippen molar-refractivity contribution in [3.63, 3.8) is 0 Å². The fourth-order valence-electron chi connectivity index (χ4n) is 9.87. The van der Waals surface area contributed by atoms with Crippen LogP contribution in [0.4, 0.5) is 0 Å². The van der Waals surface area contributed by atoms with Crippen molar-refractivity contribution >= 4 is 75.0 Å². The van der Waals surface area contributed by atoms with E-state index >= 15 is 0 Å². The monoisotopic (exact) mass is 682 g/mol. The van der Waals surface area contributed by atoms with Gasteiger partial charge in [-0.05, 0) is 102 Å². The molecule has 0 bridgehead atoms. The molecule has 52 heavy (non-hydrogen) atoms. The molecule has 1 unspecified atom stereocenters. The summed E-state index contributed by atoms with van der Waals surface area (Å²) in [5.74, 6) is 0.347. The maximum absolute atomic E-state index is 2.64. The number of rotatable bonds is 3. The van der Waals surface area contributed by atoms with E-state index in [1.807, 2.05) is 11.3 Å². The summed E-state index contributed by atoms with van der Waals surface area (Å²) < 4.78 is 2.77. The summed E-state index contributed by atoms with van der Waals surface area (Å²) in [4.78, 5) is 0. The summed E-state index contributed by atoms with van der Waals surface area (Å²) >= 11 is 1.94. The Balaban J connectivity index is 1.06. The van der Waals surface area contributed by atoms with Gasteiger partial charge in [0.1, 0.15) is 0 Å². The van der Waals surface area contributed by atoms with Crippen molar-refractivity contribution < 1.29 is 0 Å². The van der Waals surface area contributed by atoms with Gasteiger partial charge in [0.2, 0.25) is 0 Å². The van der Waals surface area contributed by atoms with Gasteiger partial charge in [0.15, 0.2) is 0 Å². The zero-order chi connectivity index (χ0) is 34.6. The summed E-state index contributed by atoms with van der Waals surface area (Å²) in [6.07, 6.45) is 13.5. The molecule has 0 fully saturated rings. The standard InChI is InChI=1S/C51H38S/c1-51(2)44-27-23-33(30-43(44)49-40-24-25-41-35-17-10-11-22-46(35)52-50(41)42(40)26-28-45(49)51)32-15-12-16-34(29-32)48-38-20-8-6-18-36(38)47(31-13-4-3-5-14-31)37-19-7-9-21-39(37)48/h3-11,13-15,17-22,24-30,33H,12,16,23H2,1-2H3. The van der Waals surface area contributed by atoms with Crippen LogP contribution in [0, 0.1) is 5.92 Å². The third-order valence-electron chi connectivity index (χ3n) is 12.3. The first-order valence-corrected chi connectivity index (χ1v) is 19.6. The molecule has 1 heterocycles. The minimum absolute atomic E-state index is 0.0181. The smallest absolute Gasteiger partial charge is 0.0434 e. The zero-order valence-electron chi connectivity index (χ0n) is 29.5. The molecule has 0 spiro atoms. The largest absolute Gasteiger partial charge is 0.135 e. The van der Waals surface area contributed by atoms with Gasteiger partial charge in [0.05, 0.1) is 0 Å². The predicted octanol–water partition coefficient (Wildman–Crippen LogP) is 14.6. The molecular weight excluding hydrogens is 645 g/mol. The molecule has 0 nitrogen and oxygen atoms in total. The van der Waals surface area contributed by atoms with Crippen molar-refractivity contribution in [1.82, 2.24) is 0 Å². The lowest BCUT2D eigenvalue weighted by Crippen LogP contribution is -2.17. The minimum Gasteiger partial charge on any atom is -0.135 e. The molecular formula is C51H38S. The second-order valence-electron chi connectivity index (χ2n) is 15.4. The highest BCUT2D eigenvalue weighted by Gasteiger charge is 2.41. The first-order valence-electron chi connectivity index (χ1n) is 18.8. The number of allylic oxidation sites excluding steroid dienone is 8. The quantitative estimate of drug-likeness (QED) is 0.163. The third kappa shape index (κ3) is 4.27. The summed E-state index contributed by atoms with van der Waals surface area (Å²) in [5.41, 5.74) is 12.8. The van der Waals surface area contributed by atoms with E-state index in [4.69, 9.17) is 0 Å². The Morgan fingerprint density at radius 3 is 1.90 bits per heavy atom. The van der Waals surface area contributed by atoms with E-state index in [0.29, 0.717) is 5.92 Å². The average molecular weight is 683 g/mol. The third-order valence-corrected chi connectivity index (χ3v) is 13.5. The van der Waals surface area contributed by atoms with Crippen LogP contribution in [0.2, 0.25) is 0 Å². The number of hydrogen-bond donors (Lipinski definition) is 0. The normalized spacial score (nSPS) is 18.0. The number of benzene rings is 7. The van der Waals surface area contributed by atoms with Crippen molar-refractivity contribution in [3.05, 3.63) is 180 Å². The summed E-state index contributed by atoms with van der Waals surface area (Å²) in [6.45, 7) is 4.85. The number of thiophene rings is 1. The predicted molar refractivity (Wildman–Crippen MR) is 226 cm³/mol. The molecule has 0 saturated heterocycles. The number of hydrogen-bond acceptors (Lipinski definition) is 1. The van der Waals surface area contributed by atoms with Gasteiger partial charge in [-0.25, -0.2) is 0 Å². The SMILES string of the molecule is CC1(C)C2=CCC(C3=CCCC(c4c5ccccc5c(-c5ccccc5)c5ccccc45)=C3)C=C2c2c1ccc1c2ccc2c3ccccc3sc12. The van der Waals surface area contributed by atoms with Crippen LogP contribution in [-0.2, 0) is 5.41 Å². The highest BCUT2D eigenvalue weighted by molar-refractivity contribution is 7.26. The van der Waals surface area contributed by atoms with E-state index in [1.165, 1.54) is 103 Å². The van der Waals surface area contributed by atoms with Crippen LogP contribution >= 0.6 is 11.3 Å². The van der Waals surface area contributed by atoms with E-state index in [9.17, 15) is 0 Å². The minimum atomic E-state index is -0.0181. The van der Waals surface area contributed by atoms with Crippen LogP contribution in [0.3, 0.4) is 0 Å². The molecule has 0 radical (unpaired) electrons. The molecule has 7 aromatic carbocycles. The van der Waals surface area contributed by atoms with Gasteiger partial charge < -0.3 is 0 Å². The lowest BCUT2D eigenvalue weighted by atomic mass is 9.76. The highest BCUT2D eigenvalue weighted by Crippen LogP contribution is 2.56. The van der Waals surface area contributed by atoms with Gasteiger partial charge in [-0.15, -0.1) is 11.3 Å². The van der Waals surface area contributed by atoms with Crippen LogP contribution in [-0.4, -0.2) is 0 Å². The fourth-order valence-corrected chi connectivity index (χ4v) is 11.1. The molecule has 248 valence electrons. The first kappa shape index (κ1) is 30.2. The topological polar surface area (TPSA) is 0 Å². The number of fused-ring (bicyclic) bond motifs is 11. The zero-order valence-corrected chi connectivity index (χ0v) is 30.4. The second kappa shape index (κ2) is 11.2. The molecule has 0 aliphatic heterocycles. The summed E-state index contributed by atoms with van der Waals surface area (Å²) in [6, 6.07) is 47.6. The van der Waals surface area contributed by atoms with Crippen molar-refractivity contribution in [2.45, 2.75) is 38.5 Å². The van der Waals surface area contributed by atoms with E-state index in [-0.39, 0.29) is 5.41 Å². The Kier molecular flexibility index (Phi) is 6.52. The maximum atomic E-state index is 2.64. The summed E-state index contributed by atoms with van der Waals surface area (Å²) in [7, 11) is 0. The van der Waals surface area contributed by atoms with Crippen molar-refractivity contribution in [3.8, 4) is 11.1 Å². The van der Waals surface area contributed by atoms with Crippen LogP contribution in [0.25, 0.3) is 74.8 Å². The van der Waals surface area contributed by atoms with Gasteiger partial charge in [0.25, 0.3) is 0 Å². The van der Waals surface area contributed by atoms with Crippen molar-refractivity contribution in [2.75, 3.05) is 0 Å². The van der Waals surface area contributed by atoms with E-state index in [1.54, 1.807) is 0 Å². The average Bonchev–Trinajstić information content (AvgIpc) is 3.69. The van der Waals surface area contributed by atoms with E-state index in [0.717, 1.165) is 19.3 Å². The molecule has 3 aliphatic rings. The Bertz CT molecular complexity index is 2880. The van der Waals surface area contributed by atoms with E-state index in [2.05, 4.69) is 166 Å². The van der Waals surface area contributed by atoms with Gasteiger partial charge in [-0.2, -0.15) is 0 Å². The molecule has 1 heteroatoms. The van der Waals surface area contributed by atoms with Crippen LogP contribution in [0.5, 0.6) is 0 Å². The van der Waals surface area contributed by atoms with Gasteiger partial charge in [-0.1, -0.05) is 159 Å². The van der Waals surface area contributed by atoms with Crippen LogP contribution in [0.15, 0.2) is 163 Å². The van der Waals surface area contributed by atoms with Gasteiger partial charge >= 0.3 is 0 Å². The molecule has 1 aromatic heterocycles. The molecule has 1 atom stereocenters. The van der Waals surface area contributed by atoms with Gasteiger partial charge in [0, 0.05) is 36.9 Å². The Morgan fingerprint density at radius 2 is 1.15 bits per heavy atom. The second-order valence-corrected chi connectivity index (χ2v) is 16.5. The lowest BCUT2D eigenvalue weighted by Gasteiger charge is -2.28. The summed E-state index contributed by atoms with van der Waals surface area (Å²) in [5, 5.41) is 10.9. The maximum Gasteiger partial charge on any atom is 0.0434 e. The molecule has 8 aromatic rings. The molecule has 0 N–H and O–H groups in total. The van der Waals surface area contributed by atoms with Crippen molar-refractivity contribution in [2.24, 2.45) is 5.92 Å². The van der Waals surface area contributed by atoms with Crippen molar-refractivity contribution in [1.29, 1.82) is 0 Å². The molecule has 0 amide bonds. The fraction of sp³-hybridized carbons (Fsp3) is 0.137. The highest BCUT2D eigenvalue weighted by atomic mass is 32.1. The lowest BCUT2D eigenvalue weighted by molar-refractivity contribution is 0.646.